The van der Waals surface area contributed by atoms with Crippen LogP contribution in [0.2, 0.25) is 0 Å². The maximum Gasteiger partial charge on any atom is 0.145 e. The van der Waals surface area contributed by atoms with Crippen molar-refractivity contribution in [1.82, 2.24) is 9.97 Å². The number of hydrogen-bond acceptors (Lipinski definition) is 4. The van der Waals surface area contributed by atoms with Crippen LogP contribution in [0.4, 0.5) is 5.82 Å². The summed E-state index contributed by atoms with van der Waals surface area (Å²) in [6.07, 6.45) is 6.49. The summed E-state index contributed by atoms with van der Waals surface area (Å²) in [6, 6.07) is 7.91. The van der Waals surface area contributed by atoms with Crippen LogP contribution in [0.15, 0.2) is 30.5 Å². The summed E-state index contributed by atoms with van der Waals surface area (Å²) in [5.74, 6) is 0.854. The van der Waals surface area contributed by atoms with Crippen LogP contribution in [-0.4, -0.2) is 23.1 Å². The highest BCUT2D eigenvalue weighted by atomic mass is 15.0. The van der Waals surface area contributed by atoms with E-state index < -0.39 is 0 Å². The van der Waals surface area contributed by atoms with Gasteiger partial charge in [-0.05, 0) is 31.5 Å². The molecule has 1 aromatic heterocycles. The highest BCUT2D eigenvalue weighted by Gasteiger charge is 1.98. The van der Waals surface area contributed by atoms with E-state index in [1.807, 2.05) is 24.3 Å². The van der Waals surface area contributed by atoms with Gasteiger partial charge in [0.15, 0.2) is 0 Å². The van der Waals surface area contributed by atoms with Crippen LogP contribution in [0, 0.1) is 0 Å². The highest BCUT2D eigenvalue weighted by molar-refractivity contribution is 5.75. The lowest BCUT2D eigenvalue weighted by atomic mass is 10.2. The Morgan fingerprint density at radius 1 is 1.00 bits per heavy atom. The predicted octanol–water partition coefficient (Wildman–Crippen LogP) is 2.56. The van der Waals surface area contributed by atoms with Gasteiger partial charge >= 0.3 is 0 Å². The van der Waals surface area contributed by atoms with Crippen LogP contribution in [0.5, 0.6) is 0 Å². The van der Waals surface area contributed by atoms with Crippen molar-refractivity contribution in [3.05, 3.63) is 30.5 Å². The molecule has 0 amide bonds. The molecule has 2 rings (SSSR count). The van der Waals surface area contributed by atoms with Gasteiger partial charge in [0.25, 0.3) is 0 Å². The lowest BCUT2D eigenvalue weighted by Gasteiger charge is -2.05. The molecule has 18 heavy (non-hydrogen) atoms. The zero-order chi connectivity index (χ0) is 12.6. The second-order valence-corrected chi connectivity index (χ2v) is 4.37. The molecular formula is C14H20N4. The third kappa shape index (κ3) is 3.67. The fourth-order valence-corrected chi connectivity index (χ4v) is 1.88. The van der Waals surface area contributed by atoms with Gasteiger partial charge in [-0.1, -0.05) is 25.0 Å². The largest absolute Gasteiger partial charge is 0.369 e. The highest BCUT2D eigenvalue weighted by Crippen LogP contribution is 2.11. The van der Waals surface area contributed by atoms with Crippen LogP contribution < -0.4 is 11.1 Å². The normalized spacial score (nSPS) is 10.7. The molecule has 0 fully saturated rings. The number of nitrogens with two attached hydrogens (primary N) is 1. The van der Waals surface area contributed by atoms with Crippen LogP contribution in [0.3, 0.4) is 0 Å². The molecule has 96 valence electrons. The average molecular weight is 244 g/mol. The number of nitrogens with one attached hydrogen (secondary N) is 1. The number of rotatable bonds is 7. The molecule has 2 aromatic rings. The minimum Gasteiger partial charge on any atom is -0.369 e. The summed E-state index contributed by atoms with van der Waals surface area (Å²) < 4.78 is 0. The number of nitrogens with zero attached hydrogens (tertiary/aromatic N) is 2. The van der Waals surface area contributed by atoms with E-state index in [0.717, 1.165) is 42.8 Å². The van der Waals surface area contributed by atoms with Crippen molar-refractivity contribution in [3.63, 3.8) is 0 Å². The zero-order valence-corrected chi connectivity index (χ0v) is 10.6. The molecule has 4 heteroatoms. The van der Waals surface area contributed by atoms with Gasteiger partial charge in [0.05, 0.1) is 17.2 Å². The summed E-state index contributed by atoms with van der Waals surface area (Å²) >= 11 is 0. The molecule has 0 aliphatic heterocycles. The predicted molar refractivity (Wildman–Crippen MR) is 75.6 cm³/mol. The Labute approximate surface area is 108 Å². The molecule has 0 saturated heterocycles. The summed E-state index contributed by atoms with van der Waals surface area (Å²) in [4.78, 5) is 8.88. The average Bonchev–Trinajstić information content (AvgIpc) is 2.42. The summed E-state index contributed by atoms with van der Waals surface area (Å²) in [5.41, 5.74) is 7.33. The first-order valence-corrected chi connectivity index (χ1v) is 6.56. The Bertz CT molecular complexity index is 484. The van der Waals surface area contributed by atoms with E-state index in [0.29, 0.717) is 0 Å². The molecular weight excluding hydrogens is 224 g/mol. The molecule has 1 heterocycles. The second kappa shape index (κ2) is 6.91. The molecule has 0 bridgehead atoms. The SMILES string of the molecule is NCCCCCCNc1cnc2ccccc2n1. The molecule has 0 unspecified atom stereocenters. The smallest absolute Gasteiger partial charge is 0.145 e. The van der Waals surface area contributed by atoms with Crippen LogP contribution in [0.25, 0.3) is 11.0 Å². The van der Waals surface area contributed by atoms with Crippen LogP contribution in [-0.2, 0) is 0 Å². The first-order chi connectivity index (χ1) is 8.90. The van der Waals surface area contributed by atoms with E-state index >= 15 is 0 Å². The number of fused-ring (bicyclic) bond motifs is 1. The van der Waals surface area contributed by atoms with Gasteiger partial charge in [-0.15, -0.1) is 0 Å². The molecule has 0 aliphatic rings. The fraction of sp³-hybridized carbons (Fsp3) is 0.429. The van der Waals surface area contributed by atoms with Gasteiger partial charge in [0, 0.05) is 6.54 Å². The minimum atomic E-state index is 0.795. The Morgan fingerprint density at radius 2 is 1.78 bits per heavy atom. The van der Waals surface area contributed by atoms with Crippen molar-refractivity contribution in [1.29, 1.82) is 0 Å². The number of hydrogen-bond donors (Lipinski definition) is 2. The third-order valence-corrected chi connectivity index (χ3v) is 2.89. The summed E-state index contributed by atoms with van der Waals surface area (Å²) in [6.45, 7) is 1.74. The Balaban J connectivity index is 1.81. The first kappa shape index (κ1) is 12.8. The lowest BCUT2D eigenvalue weighted by Crippen LogP contribution is -2.04. The van der Waals surface area contributed by atoms with Crippen molar-refractivity contribution in [3.8, 4) is 0 Å². The molecule has 3 N–H and O–H groups in total. The molecule has 0 radical (unpaired) electrons. The van der Waals surface area contributed by atoms with Gasteiger partial charge in [-0.3, -0.25) is 4.98 Å². The first-order valence-electron chi connectivity index (χ1n) is 6.56. The van der Waals surface area contributed by atoms with Crippen molar-refractivity contribution in [2.75, 3.05) is 18.4 Å². The van der Waals surface area contributed by atoms with E-state index in [1.54, 1.807) is 6.20 Å². The van der Waals surface area contributed by atoms with E-state index in [2.05, 4.69) is 15.3 Å². The number of benzene rings is 1. The maximum atomic E-state index is 5.45. The molecule has 0 spiro atoms. The van der Waals surface area contributed by atoms with Gasteiger partial charge < -0.3 is 11.1 Å². The van der Waals surface area contributed by atoms with Gasteiger partial charge in [0.1, 0.15) is 5.82 Å². The summed E-state index contributed by atoms with van der Waals surface area (Å²) in [5, 5.41) is 3.31. The lowest BCUT2D eigenvalue weighted by molar-refractivity contribution is 0.661. The van der Waals surface area contributed by atoms with Crippen molar-refractivity contribution >= 4 is 16.9 Å². The monoisotopic (exact) mass is 244 g/mol. The number of unbranched alkanes of at least 4 members (excludes halogenated alkanes) is 3. The summed E-state index contributed by atoms with van der Waals surface area (Å²) in [7, 11) is 0. The fourth-order valence-electron chi connectivity index (χ4n) is 1.88. The van der Waals surface area contributed by atoms with Gasteiger partial charge in [-0.25, -0.2) is 4.98 Å². The van der Waals surface area contributed by atoms with Gasteiger partial charge in [0.2, 0.25) is 0 Å². The number of aromatic nitrogens is 2. The van der Waals surface area contributed by atoms with Crippen molar-refractivity contribution in [2.45, 2.75) is 25.7 Å². The van der Waals surface area contributed by atoms with E-state index in [9.17, 15) is 0 Å². The van der Waals surface area contributed by atoms with Crippen LogP contribution in [0.1, 0.15) is 25.7 Å². The maximum absolute atomic E-state index is 5.45. The van der Waals surface area contributed by atoms with E-state index in [1.165, 1.54) is 12.8 Å². The van der Waals surface area contributed by atoms with E-state index in [4.69, 9.17) is 5.73 Å². The quantitative estimate of drug-likeness (QED) is 0.735. The minimum absolute atomic E-state index is 0.795. The third-order valence-electron chi connectivity index (χ3n) is 2.89. The van der Waals surface area contributed by atoms with Crippen LogP contribution >= 0.6 is 0 Å². The molecule has 0 saturated carbocycles. The zero-order valence-electron chi connectivity index (χ0n) is 10.6. The molecule has 0 aliphatic carbocycles. The molecule has 0 atom stereocenters. The Hall–Kier alpha value is -1.68. The van der Waals surface area contributed by atoms with Gasteiger partial charge in [-0.2, -0.15) is 0 Å². The number of anilines is 1. The number of para-hydroxylation sites is 2. The topological polar surface area (TPSA) is 63.8 Å². The standard InChI is InChI=1S/C14H20N4/c15-9-5-1-2-6-10-16-14-11-17-12-7-3-4-8-13(12)18-14/h3-4,7-8,11H,1-2,5-6,9-10,15H2,(H,16,18). The Kier molecular flexibility index (Phi) is 4.90. The van der Waals surface area contributed by atoms with E-state index in [-0.39, 0.29) is 0 Å². The van der Waals surface area contributed by atoms with Crippen molar-refractivity contribution in [2.24, 2.45) is 5.73 Å². The Morgan fingerprint density at radius 3 is 2.61 bits per heavy atom. The second-order valence-electron chi connectivity index (χ2n) is 4.37. The molecule has 4 nitrogen and oxygen atoms in total. The van der Waals surface area contributed by atoms with Crippen molar-refractivity contribution < 1.29 is 0 Å². The molecule has 1 aromatic carbocycles.